The van der Waals surface area contributed by atoms with Crippen molar-refractivity contribution < 1.29 is 4.79 Å². The summed E-state index contributed by atoms with van der Waals surface area (Å²) in [6.07, 6.45) is 4.01. The Bertz CT molecular complexity index is 650. The van der Waals surface area contributed by atoms with Crippen molar-refractivity contribution in [1.29, 1.82) is 0 Å². The molecule has 2 aromatic rings. The minimum absolute atomic E-state index is 0.254. The molecular weight excluding hydrogens is 264 g/mol. The van der Waals surface area contributed by atoms with E-state index in [1.54, 1.807) is 18.3 Å². The van der Waals surface area contributed by atoms with Gasteiger partial charge >= 0.3 is 0 Å². The topological polar surface area (TPSA) is 71.2 Å². The maximum absolute atomic E-state index is 12.2. The SMILES string of the molecule is Nc1cccnc1C(=O)Nc1cccc(N2CCCC2)c1. The Kier molecular flexibility index (Phi) is 3.73. The molecule has 0 saturated carbocycles. The lowest BCUT2D eigenvalue weighted by Crippen LogP contribution is -2.19. The highest BCUT2D eigenvalue weighted by Gasteiger charge is 2.14. The Morgan fingerprint density at radius 1 is 1.19 bits per heavy atom. The predicted octanol–water partition coefficient (Wildman–Crippen LogP) is 2.52. The maximum atomic E-state index is 12.2. The molecule has 1 aliphatic heterocycles. The molecule has 1 fully saturated rings. The molecule has 108 valence electrons. The van der Waals surface area contributed by atoms with E-state index in [9.17, 15) is 4.79 Å². The summed E-state index contributed by atoms with van der Waals surface area (Å²) in [5.41, 5.74) is 8.30. The highest BCUT2D eigenvalue weighted by molar-refractivity contribution is 6.06. The molecule has 1 saturated heterocycles. The number of rotatable bonds is 3. The van der Waals surface area contributed by atoms with E-state index >= 15 is 0 Å². The fourth-order valence-electron chi connectivity index (χ4n) is 2.55. The van der Waals surface area contributed by atoms with Crippen molar-refractivity contribution in [2.45, 2.75) is 12.8 Å². The van der Waals surface area contributed by atoms with Crippen LogP contribution < -0.4 is 16.0 Å². The molecule has 0 spiro atoms. The van der Waals surface area contributed by atoms with Gasteiger partial charge in [-0.1, -0.05) is 6.07 Å². The van der Waals surface area contributed by atoms with E-state index in [1.807, 2.05) is 18.2 Å². The van der Waals surface area contributed by atoms with Crippen molar-refractivity contribution in [2.75, 3.05) is 29.0 Å². The quantitative estimate of drug-likeness (QED) is 0.907. The van der Waals surface area contributed by atoms with Crippen LogP contribution in [0.15, 0.2) is 42.6 Å². The van der Waals surface area contributed by atoms with Crippen LogP contribution in [0.1, 0.15) is 23.3 Å². The molecule has 0 bridgehead atoms. The first-order valence-corrected chi connectivity index (χ1v) is 7.11. The largest absolute Gasteiger partial charge is 0.397 e. The van der Waals surface area contributed by atoms with Gasteiger partial charge in [0.05, 0.1) is 5.69 Å². The van der Waals surface area contributed by atoms with Crippen molar-refractivity contribution in [1.82, 2.24) is 4.98 Å². The molecule has 21 heavy (non-hydrogen) atoms. The van der Waals surface area contributed by atoms with Gasteiger partial charge in [0.1, 0.15) is 0 Å². The number of nitrogens with two attached hydrogens (primary N) is 1. The molecule has 1 aromatic carbocycles. The number of anilines is 3. The van der Waals surface area contributed by atoms with Gasteiger partial charge in [0, 0.05) is 30.7 Å². The second-order valence-electron chi connectivity index (χ2n) is 5.14. The summed E-state index contributed by atoms with van der Waals surface area (Å²) in [4.78, 5) is 18.6. The summed E-state index contributed by atoms with van der Waals surface area (Å²) in [7, 11) is 0. The van der Waals surface area contributed by atoms with Crippen LogP contribution in [0.25, 0.3) is 0 Å². The molecule has 1 amide bonds. The Morgan fingerprint density at radius 3 is 2.76 bits per heavy atom. The molecule has 5 nitrogen and oxygen atoms in total. The molecule has 0 aliphatic carbocycles. The van der Waals surface area contributed by atoms with Gasteiger partial charge in [0.2, 0.25) is 0 Å². The molecule has 0 unspecified atom stereocenters. The first-order valence-electron chi connectivity index (χ1n) is 7.11. The number of hydrogen-bond donors (Lipinski definition) is 2. The second-order valence-corrected chi connectivity index (χ2v) is 5.14. The molecule has 3 N–H and O–H groups in total. The van der Waals surface area contributed by atoms with Crippen LogP contribution in [-0.2, 0) is 0 Å². The summed E-state index contributed by atoms with van der Waals surface area (Å²) in [5, 5.41) is 2.85. The van der Waals surface area contributed by atoms with E-state index in [0.717, 1.165) is 24.5 Å². The zero-order valence-corrected chi connectivity index (χ0v) is 11.7. The molecule has 0 radical (unpaired) electrons. The third-order valence-electron chi connectivity index (χ3n) is 3.63. The Morgan fingerprint density at radius 2 is 2.00 bits per heavy atom. The van der Waals surface area contributed by atoms with Gasteiger partial charge in [-0.2, -0.15) is 0 Å². The molecule has 0 atom stereocenters. The Labute approximate surface area is 123 Å². The molecule has 1 aliphatic rings. The molecule has 2 heterocycles. The van der Waals surface area contributed by atoms with Crippen LogP contribution in [0, 0.1) is 0 Å². The zero-order valence-electron chi connectivity index (χ0n) is 11.7. The van der Waals surface area contributed by atoms with E-state index < -0.39 is 0 Å². The van der Waals surface area contributed by atoms with Gasteiger partial charge in [-0.05, 0) is 43.2 Å². The third kappa shape index (κ3) is 2.97. The summed E-state index contributed by atoms with van der Waals surface area (Å²) in [5.74, 6) is -0.285. The van der Waals surface area contributed by atoms with Crippen molar-refractivity contribution in [3.05, 3.63) is 48.3 Å². The average molecular weight is 282 g/mol. The van der Waals surface area contributed by atoms with Crippen molar-refractivity contribution in [3.8, 4) is 0 Å². The summed E-state index contributed by atoms with van der Waals surface area (Å²) in [6.45, 7) is 2.15. The molecule has 1 aromatic heterocycles. The minimum Gasteiger partial charge on any atom is -0.397 e. The number of nitrogens with zero attached hydrogens (tertiary/aromatic N) is 2. The summed E-state index contributed by atoms with van der Waals surface area (Å²) in [6, 6.07) is 11.3. The number of carbonyl (C=O) groups is 1. The summed E-state index contributed by atoms with van der Waals surface area (Å²) >= 11 is 0. The average Bonchev–Trinajstić information content (AvgIpc) is 3.02. The summed E-state index contributed by atoms with van der Waals surface area (Å²) < 4.78 is 0. The standard InChI is InChI=1S/C16H18N4O/c17-14-7-4-8-18-15(14)16(21)19-12-5-3-6-13(11-12)20-9-1-2-10-20/h3-8,11H,1-2,9-10,17H2,(H,19,21). The van der Waals surface area contributed by atoms with E-state index in [0.29, 0.717) is 5.69 Å². The van der Waals surface area contributed by atoms with Crippen molar-refractivity contribution in [3.63, 3.8) is 0 Å². The second kappa shape index (κ2) is 5.83. The fraction of sp³-hybridized carbons (Fsp3) is 0.250. The van der Waals surface area contributed by atoms with Gasteiger partial charge in [0.25, 0.3) is 5.91 Å². The van der Waals surface area contributed by atoms with Crippen molar-refractivity contribution in [2.24, 2.45) is 0 Å². The highest BCUT2D eigenvalue weighted by atomic mass is 16.1. The normalized spacial score (nSPS) is 14.2. The van der Waals surface area contributed by atoms with Gasteiger partial charge in [-0.15, -0.1) is 0 Å². The van der Waals surface area contributed by atoms with Gasteiger partial charge in [-0.25, -0.2) is 4.98 Å². The number of aromatic nitrogens is 1. The van der Waals surface area contributed by atoms with Crippen LogP contribution in [0.2, 0.25) is 0 Å². The van der Waals surface area contributed by atoms with E-state index in [-0.39, 0.29) is 11.6 Å². The number of nitrogen functional groups attached to an aromatic ring is 1. The first-order chi connectivity index (χ1) is 10.2. The van der Waals surface area contributed by atoms with Crippen LogP contribution >= 0.6 is 0 Å². The lowest BCUT2D eigenvalue weighted by atomic mass is 10.2. The first kappa shape index (κ1) is 13.4. The van der Waals surface area contributed by atoms with Crippen molar-refractivity contribution >= 4 is 23.0 Å². The number of pyridine rings is 1. The van der Waals surface area contributed by atoms with Crippen LogP contribution in [-0.4, -0.2) is 24.0 Å². The smallest absolute Gasteiger partial charge is 0.276 e. The lowest BCUT2D eigenvalue weighted by molar-refractivity contribution is 0.102. The fourth-order valence-corrected chi connectivity index (χ4v) is 2.55. The molecule has 3 rings (SSSR count). The van der Waals surface area contributed by atoms with E-state index in [4.69, 9.17) is 5.73 Å². The van der Waals surface area contributed by atoms with E-state index in [1.165, 1.54) is 12.8 Å². The van der Waals surface area contributed by atoms with Gasteiger partial charge in [-0.3, -0.25) is 4.79 Å². The number of hydrogen-bond acceptors (Lipinski definition) is 4. The van der Waals surface area contributed by atoms with E-state index in [2.05, 4.69) is 21.3 Å². The maximum Gasteiger partial charge on any atom is 0.276 e. The lowest BCUT2D eigenvalue weighted by Gasteiger charge is -2.18. The molecule has 5 heteroatoms. The highest BCUT2D eigenvalue weighted by Crippen LogP contribution is 2.23. The Hall–Kier alpha value is -2.56. The number of nitrogens with one attached hydrogen (secondary N) is 1. The van der Waals surface area contributed by atoms with Crippen LogP contribution in [0.5, 0.6) is 0 Å². The predicted molar refractivity (Wildman–Crippen MR) is 84.5 cm³/mol. The number of amides is 1. The monoisotopic (exact) mass is 282 g/mol. The third-order valence-corrected chi connectivity index (χ3v) is 3.63. The van der Waals surface area contributed by atoms with Crippen LogP contribution in [0.3, 0.4) is 0 Å². The molecular formula is C16H18N4O. The van der Waals surface area contributed by atoms with Gasteiger partial charge < -0.3 is 16.0 Å². The zero-order chi connectivity index (χ0) is 14.7. The Balaban J connectivity index is 1.77. The minimum atomic E-state index is -0.285. The van der Waals surface area contributed by atoms with Crippen LogP contribution in [0.4, 0.5) is 17.1 Å². The van der Waals surface area contributed by atoms with Gasteiger partial charge in [0.15, 0.2) is 5.69 Å². The number of benzene rings is 1. The number of carbonyl (C=O) groups excluding carboxylic acids is 1.